The number of methoxy groups -OCH3 is 1. The highest BCUT2D eigenvalue weighted by atomic mass is 127. The Labute approximate surface area is 228 Å². The minimum absolute atomic E-state index is 0.0122. The molecule has 0 saturated heterocycles. The molecule has 1 unspecified atom stereocenters. The maximum atomic E-state index is 15.2. The Balaban J connectivity index is 1.86. The lowest BCUT2D eigenvalue weighted by molar-refractivity contribution is -0.136. The van der Waals surface area contributed by atoms with E-state index in [2.05, 4.69) is 22.6 Å². The molecule has 37 heavy (non-hydrogen) atoms. The van der Waals surface area contributed by atoms with Crippen molar-refractivity contribution in [1.29, 1.82) is 0 Å². The second-order valence-electron chi connectivity index (χ2n) is 8.74. The van der Waals surface area contributed by atoms with Crippen molar-refractivity contribution in [2.75, 3.05) is 7.11 Å². The summed E-state index contributed by atoms with van der Waals surface area (Å²) in [6, 6.07) is 18.3. The molecule has 0 heterocycles. The van der Waals surface area contributed by atoms with E-state index in [9.17, 15) is 17.6 Å². The summed E-state index contributed by atoms with van der Waals surface area (Å²) >= 11 is 2.17. The maximum Gasteiger partial charge on any atom is 0.337 e. The van der Waals surface area contributed by atoms with Crippen molar-refractivity contribution >= 4 is 38.4 Å². The molecule has 0 saturated carbocycles. The standard InChI is InChI=1S/C28H25F2IO5S/c1-35-27(32)23-16-28(24-15-21(29)9-12-25(24)30,37(33,34)22-10-7-19(17-31)8-11-22)14-13-26(23)36-18-20-5-3-2-4-6-20/h2-12,15H,13-14,16-18H2,1H3. The van der Waals surface area contributed by atoms with Crippen molar-refractivity contribution in [2.24, 2.45) is 0 Å². The van der Waals surface area contributed by atoms with Crippen molar-refractivity contribution < 1.29 is 31.5 Å². The number of alkyl halides is 1. The van der Waals surface area contributed by atoms with Gasteiger partial charge in [0, 0.05) is 22.8 Å². The van der Waals surface area contributed by atoms with Gasteiger partial charge in [-0.3, -0.25) is 0 Å². The second kappa shape index (κ2) is 11.3. The van der Waals surface area contributed by atoms with Crippen molar-refractivity contribution in [3.63, 3.8) is 0 Å². The van der Waals surface area contributed by atoms with E-state index in [0.717, 1.165) is 29.3 Å². The first-order valence-corrected chi connectivity index (χ1v) is 14.5. The highest BCUT2D eigenvalue weighted by Gasteiger charge is 2.52. The van der Waals surface area contributed by atoms with E-state index in [-0.39, 0.29) is 41.2 Å². The molecule has 0 amide bonds. The van der Waals surface area contributed by atoms with E-state index in [0.29, 0.717) is 4.43 Å². The average Bonchev–Trinajstić information content (AvgIpc) is 2.93. The summed E-state index contributed by atoms with van der Waals surface area (Å²) in [5.74, 6) is -2.15. The summed E-state index contributed by atoms with van der Waals surface area (Å²) < 4.78 is 67.7. The second-order valence-corrected chi connectivity index (χ2v) is 11.8. The van der Waals surface area contributed by atoms with Crippen LogP contribution in [0, 0.1) is 11.6 Å². The van der Waals surface area contributed by atoms with Gasteiger partial charge in [-0.05, 0) is 47.9 Å². The minimum Gasteiger partial charge on any atom is -0.493 e. The number of benzene rings is 3. The van der Waals surface area contributed by atoms with E-state index in [1.165, 1.54) is 19.2 Å². The van der Waals surface area contributed by atoms with E-state index in [4.69, 9.17) is 9.47 Å². The van der Waals surface area contributed by atoms with Crippen LogP contribution in [0.25, 0.3) is 0 Å². The van der Waals surface area contributed by atoms with Crippen LogP contribution in [0.5, 0.6) is 0 Å². The van der Waals surface area contributed by atoms with E-state index < -0.39 is 38.6 Å². The number of hydrogen-bond donors (Lipinski definition) is 0. The Kier molecular flexibility index (Phi) is 8.33. The van der Waals surface area contributed by atoms with Crippen LogP contribution in [0.4, 0.5) is 8.78 Å². The molecule has 0 bridgehead atoms. The largest absolute Gasteiger partial charge is 0.493 e. The predicted molar refractivity (Wildman–Crippen MR) is 144 cm³/mol. The maximum absolute atomic E-state index is 15.2. The van der Waals surface area contributed by atoms with Gasteiger partial charge in [0.1, 0.15) is 28.7 Å². The number of carbonyl (C=O) groups excluding carboxylic acids is 1. The molecule has 4 rings (SSSR count). The first kappa shape index (κ1) is 27.3. The fourth-order valence-corrected chi connectivity index (χ4v) is 7.19. The fraction of sp³-hybridized carbons (Fsp3) is 0.250. The van der Waals surface area contributed by atoms with Gasteiger partial charge >= 0.3 is 5.97 Å². The lowest BCUT2D eigenvalue weighted by Gasteiger charge is -2.38. The number of carbonyl (C=O) groups is 1. The van der Waals surface area contributed by atoms with Crippen LogP contribution in [-0.4, -0.2) is 21.5 Å². The molecule has 3 aromatic carbocycles. The lowest BCUT2D eigenvalue weighted by atomic mass is 9.81. The quantitative estimate of drug-likeness (QED) is 0.162. The van der Waals surface area contributed by atoms with Crippen LogP contribution in [0.3, 0.4) is 0 Å². The Morgan fingerprint density at radius 1 is 1.00 bits per heavy atom. The van der Waals surface area contributed by atoms with Crippen LogP contribution in [0.1, 0.15) is 36.0 Å². The normalized spacial score (nSPS) is 17.9. The number of ether oxygens (including phenoxy) is 2. The Hall–Kier alpha value is -2.79. The summed E-state index contributed by atoms with van der Waals surface area (Å²) in [7, 11) is -3.13. The average molecular weight is 638 g/mol. The molecule has 1 aliphatic rings. The Morgan fingerprint density at radius 2 is 1.70 bits per heavy atom. The van der Waals surface area contributed by atoms with Gasteiger partial charge in [0.05, 0.1) is 17.6 Å². The van der Waals surface area contributed by atoms with Crippen LogP contribution >= 0.6 is 22.6 Å². The summed E-state index contributed by atoms with van der Waals surface area (Å²) in [5.41, 5.74) is 1.44. The zero-order valence-corrected chi connectivity index (χ0v) is 23.0. The number of allylic oxidation sites excluding steroid dienone is 1. The third kappa shape index (κ3) is 5.43. The van der Waals surface area contributed by atoms with Gasteiger partial charge in [-0.2, -0.15) is 0 Å². The summed E-state index contributed by atoms with van der Waals surface area (Å²) in [6.45, 7) is 0.155. The number of esters is 1. The topological polar surface area (TPSA) is 69.7 Å². The number of sulfone groups is 1. The molecule has 0 aliphatic heterocycles. The lowest BCUT2D eigenvalue weighted by Crippen LogP contribution is -2.41. The molecule has 1 atom stereocenters. The molecular weight excluding hydrogens is 613 g/mol. The van der Waals surface area contributed by atoms with Crippen LogP contribution in [-0.2, 0) is 39.9 Å². The summed E-state index contributed by atoms with van der Waals surface area (Å²) in [6.07, 6.45) is -0.535. The van der Waals surface area contributed by atoms with Gasteiger partial charge in [0.15, 0.2) is 9.84 Å². The predicted octanol–water partition coefficient (Wildman–Crippen LogP) is 6.40. The van der Waals surface area contributed by atoms with E-state index >= 15 is 4.39 Å². The third-order valence-electron chi connectivity index (χ3n) is 6.56. The third-order valence-corrected chi connectivity index (χ3v) is 9.93. The molecule has 194 valence electrons. The minimum atomic E-state index is -4.31. The highest BCUT2D eigenvalue weighted by Crippen LogP contribution is 2.50. The molecule has 1 aliphatic carbocycles. The van der Waals surface area contributed by atoms with Crippen LogP contribution < -0.4 is 0 Å². The van der Waals surface area contributed by atoms with Gasteiger partial charge in [-0.15, -0.1) is 0 Å². The Morgan fingerprint density at radius 3 is 2.35 bits per heavy atom. The van der Waals surface area contributed by atoms with Gasteiger partial charge in [-0.1, -0.05) is 65.1 Å². The zero-order valence-electron chi connectivity index (χ0n) is 20.0. The van der Waals surface area contributed by atoms with Crippen molar-refractivity contribution in [2.45, 2.75) is 39.9 Å². The molecule has 0 spiro atoms. The zero-order chi connectivity index (χ0) is 26.6. The van der Waals surface area contributed by atoms with Crippen LogP contribution in [0.2, 0.25) is 0 Å². The molecule has 5 nitrogen and oxygen atoms in total. The smallest absolute Gasteiger partial charge is 0.337 e. The molecule has 0 fully saturated rings. The van der Waals surface area contributed by atoms with Gasteiger partial charge in [0.25, 0.3) is 0 Å². The van der Waals surface area contributed by atoms with Gasteiger partial charge in [0.2, 0.25) is 0 Å². The molecule has 0 aromatic heterocycles. The molecular formula is C28H25F2IO5S. The van der Waals surface area contributed by atoms with Gasteiger partial charge < -0.3 is 9.47 Å². The van der Waals surface area contributed by atoms with Crippen LogP contribution in [0.15, 0.2) is 89.0 Å². The fourth-order valence-electron chi connectivity index (χ4n) is 4.59. The number of halogens is 3. The number of hydrogen-bond acceptors (Lipinski definition) is 5. The van der Waals surface area contributed by atoms with E-state index in [1.807, 2.05) is 30.3 Å². The molecule has 3 aromatic rings. The molecule has 9 heteroatoms. The molecule has 0 radical (unpaired) electrons. The first-order chi connectivity index (χ1) is 17.7. The summed E-state index contributed by atoms with van der Waals surface area (Å²) in [5, 5.41) is 0. The van der Waals surface area contributed by atoms with Gasteiger partial charge in [-0.25, -0.2) is 22.0 Å². The number of rotatable bonds is 8. The highest BCUT2D eigenvalue weighted by molar-refractivity contribution is 14.1. The first-order valence-electron chi connectivity index (χ1n) is 11.5. The SMILES string of the molecule is COC(=O)C1=C(OCc2ccccc2)CCC(c2cc(F)ccc2F)(S(=O)(=O)c2ccc(CI)cc2)C1. The van der Waals surface area contributed by atoms with E-state index in [1.54, 1.807) is 12.1 Å². The van der Waals surface area contributed by atoms with Crippen molar-refractivity contribution in [3.05, 3.63) is 112 Å². The summed E-state index contributed by atoms with van der Waals surface area (Å²) in [4.78, 5) is 12.8. The van der Waals surface area contributed by atoms with Crippen molar-refractivity contribution in [1.82, 2.24) is 0 Å². The Bertz CT molecular complexity index is 1420. The van der Waals surface area contributed by atoms with Crippen molar-refractivity contribution in [3.8, 4) is 0 Å². The molecule has 0 N–H and O–H groups in total. The monoisotopic (exact) mass is 638 g/mol.